The van der Waals surface area contributed by atoms with Gasteiger partial charge < -0.3 is 4.52 Å². The summed E-state index contributed by atoms with van der Waals surface area (Å²) in [7, 11) is 0. The predicted molar refractivity (Wildman–Crippen MR) is 96.7 cm³/mol. The van der Waals surface area contributed by atoms with Gasteiger partial charge in [-0.25, -0.2) is 5.43 Å². The quantitative estimate of drug-likeness (QED) is 0.364. The Kier molecular flexibility index (Phi) is 5.94. The summed E-state index contributed by atoms with van der Waals surface area (Å²) < 4.78 is 41.8. The van der Waals surface area contributed by atoms with Gasteiger partial charge in [0.1, 0.15) is 0 Å². The average molecular weight is 407 g/mol. The van der Waals surface area contributed by atoms with Gasteiger partial charge >= 0.3 is 11.5 Å². The number of hydrazine groups is 1. The lowest BCUT2D eigenvalue weighted by Crippen LogP contribution is -2.27. The first-order valence-corrected chi connectivity index (χ1v) is 8.55. The number of benzene rings is 1. The number of carbonyl (C=O) groups is 1. The second-order valence-corrected chi connectivity index (χ2v) is 6.36. The van der Waals surface area contributed by atoms with Crippen molar-refractivity contribution in [2.75, 3.05) is 5.43 Å². The van der Waals surface area contributed by atoms with Crippen molar-refractivity contribution >= 4 is 29.8 Å². The van der Waals surface area contributed by atoms with Crippen LogP contribution in [-0.4, -0.2) is 26.5 Å². The van der Waals surface area contributed by atoms with Crippen molar-refractivity contribution in [2.24, 2.45) is 0 Å². The molecule has 0 aliphatic rings. The molecule has 0 aliphatic heterocycles. The number of rotatable bonds is 6. The van der Waals surface area contributed by atoms with Crippen LogP contribution in [0.1, 0.15) is 5.56 Å². The fourth-order valence-electron chi connectivity index (χ4n) is 2.00. The summed E-state index contributed by atoms with van der Waals surface area (Å²) in [6, 6.07) is 9.00. The molecule has 0 spiro atoms. The monoisotopic (exact) mass is 407 g/mol. The van der Waals surface area contributed by atoms with E-state index in [0.717, 1.165) is 0 Å². The summed E-state index contributed by atoms with van der Waals surface area (Å²) >= 11 is -0.200. The van der Waals surface area contributed by atoms with Gasteiger partial charge in [0.05, 0.1) is 0 Å². The highest BCUT2D eigenvalue weighted by Crippen LogP contribution is 2.36. The van der Waals surface area contributed by atoms with E-state index < -0.39 is 11.4 Å². The summed E-state index contributed by atoms with van der Waals surface area (Å²) in [6.07, 6.45) is 5.83. The molecule has 7 nitrogen and oxygen atoms in total. The maximum absolute atomic E-state index is 12.3. The molecule has 0 radical (unpaired) electrons. The number of hydrogen-bond donors (Lipinski definition) is 2. The summed E-state index contributed by atoms with van der Waals surface area (Å²) in [4.78, 5) is 19.8. The van der Waals surface area contributed by atoms with Gasteiger partial charge in [-0.05, 0) is 47.7 Å². The normalized spacial score (nSPS) is 11.5. The molecule has 0 bridgehead atoms. The number of pyridine rings is 1. The predicted octanol–water partition coefficient (Wildman–Crippen LogP) is 3.90. The van der Waals surface area contributed by atoms with E-state index in [4.69, 9.17) is 4.52 Å². The molecule has 0 aliphatic carbocycles. The lowest BCUT2D eigenvalue weighted by atomic mass is 10.2. The van der Waals surface area contributed by atoms with Gasteiger partial charge in [0.15, 0.2) is 0 Å². The molecule has 3 aromatic rings. The molecule has 2 N–H and O–H groups in total. The minimum absolute atomic E-state index is 0.0120. The summed E-state index contributed by atoms with van der Waals surface area (Å²) in [5.74, 6) is -0.191. The maximum atomic E-state index is 12.3. The van der Waals surface area contributed by atoms with Crippen molar-refractivity contribution in [3.05, 3.63) is 60.4 Å². The van der Waals surface area contributed by atoms with Crippen molar-refractivity contribution < 1.29 is 22.5 Å². The number of nitrogens with one attached hydrogen (secondary N) is 2. The maximum Gasteiger partial charge on any atom is 0.446 e. The SMILES string of the molecule is O=C(/C=C/c1ccc(SC(F)(F)F)cc1)NNc1nc(-c2ccncc2)no1. The third kappa shape index (κ3) is 5.84. The number of amides is 1. The number of aromatic nitrogens is 3. The van der Waals surface area contributed by atoms with E-state index in [1.165, 1.54) is 36.4 Å². The number of anilines is 1. The van der Waals surface area contributed by atoms with Crippen LogP contribution in [0.25, 0.3) is 17.5 Å². The van der Waals surface area contributed by atoms with Crippen LogP contribution in [0, 0.1) is 0 Å². The Morgan fingerprint density at radius 1 is 1.11 bits per heavy atom. The summed E-state index contributed by atoms with van der Waals surface area (Å²) in [5.41, 5.74) is 1.74. The molecular formula is C17H12F3N5O2S. The molecule has 0 atom stereocenters. The molecule has 3 rings (SSSR count). The third-order valence-corrected chi connectivity index (χ3v) is 3.94. The largest absolute Gasteiger partial charge is 0.446 e. The Balaban J connectivity index is 1.51. The van der Waals surface area contributed by atoms with Crippen LogP contribution in [-0.2, 0) is 4.79 Å². The van der Waals surface area contributed by atoms with Gasteiger partial charge in [0.25, 0.3) is 5.91 Å². The minimum atomic E-state index is -4.34. The highest BCUT2D eigenvalue weighted by Gasteiger charge is 2.28. The molecule has 144 valence electrons. The highest BCUT2D eigenvalue weighted by molar-refractivity contribution is 8.00. The zero-order chi connectivity index (χ0) is 20.0. The Bertz CT molecular complexity index is 959. The van der Waals surface area contributed by atoms with Crippen LogP contribution in [0.2, 0.25) is 0 Å². The Labute approximate surface area is 161 Å². The number of nitrogens with zero attached hydrogens (tertiary/aromatic N) is 3. The van der Waals surface area contributed by atoms with Gasteiger partial charge in [-0.1, -0.05) is 17.3 Å². The van der Waals surface area contributed by atoms with Gasteiger partial charge in [-0.3, -0.25) is 15.2 Å². The Morgan fingerprint density at radius 2 is 1.82 bits per heavy atom. The van der Waals surface area contributed by atoms with E-state index in [1.807, 2.05) is 0 Å². The number of carbonyl (C=O) groups excluding carboxylic acids is 1. The van der Waals surface area contributed by atoms with Crippen LogP contribution in [0.15, 0.2) is 64.3 Å². The smallest absolute Gasteiger partial charge is 0.313 e. The van der Waals surface area contributed by atoms with Gasteiger partial charge in [-0.2, -0.15) is 18.2 Å². The number of halogens is 3. The van der Waals surface area contributed by atoms with Crippen molar-refractivity contribution in [3.63, 3.8) is 0 Å². The van der Waals surface area contributed by atoms with Crippen molar-refractivity contribution in [2.45, 2.75) is 10.4 Å². The fraction of sp³-hybridized carbons (Fsp3) is 0.0588. The second kappa shape index (κ2) is 8.57. The molecule has 0 saturated carbocycles. The van der Waals surface area contributed by atoms with Gasteiger partial charge in [-0.15, -0.1) is 0 Å². The van der Waals surface area contributed by atoms with Crippen LogP contribution < -0.4 is 10.9 Å². The molecule has 2 aromatic heterocycles. The first-order valence-electron chi connectivity index (χ1n) is 7.73. The first-order chi connectivity index (χ1) is 13.4. The van der Waals surface area contributed by atoms with Crippen LogP contribution in [0.4, 0.5) is 19.2 Å². The molecule has 1 amide bonds. The van der Waals surface area contributed by atoms with Crippen LogP contribution in [0.3, 0.4) is 0 Å². The van der Waals surface area contributed by atoms with E-state index in [-0.39, 0.29) is 22.7 Å². The zero-order valence-corrected chi connectivity index (χ0v) is 14.8. The van der Waals surface area contributed by atoms with E-state index in [9.17, 15) is 18.0 Å². The van der Waals surface area contributed by atoms with E-state index >= 15 is 0 Å². The van der Waals surface area contributed by atoms with Gasteiger partial charge in [0.2, 0.25) is 5.82 Å². The molecule has 0 fully saturated rings. The number of hydrogen-bond acceptors (Lipinski definition) is 7. The fourth-order valence-corrected chi connectivity index (χ4v) is 2.54. The van der Waals surface area contributed by atoms with Crippen molar-refractivity contribution in [1.82, 2.24) is 20.6 Å². The van der Waals surface area contributed by atoms with E-state index in [0.29, 0.717) is 17.0 Å². The van der Waals surface area contributed by atoms with E-state index in [1.54, 1.807) is 24.5 Å². The molecule has 28 heavy (non-hydrogen) atoms. The molecular weight excluding hydrogens is 395 g/mol. The van der Waals surface area contributed by atoms with Crippen molar-refractivity contribution in [3.8, 4) is 11.4 Å². The Hall–Kier alpha value is -3.34. The third-order valence-electron chi connectivity index (χ3n) is 3.20. The standard InChI is InChI=1S/C17H12F3N5O2S/c18-17(19,20)28-13-4-1-11(2-5-13)3-6-14(26)23-24-16-22-15(25-27-16)12-7-9-21-10-8-12/h1-10H,(H,23,26)(H,22,24,25)/b6-3+. The molecule has 11 heteroatoms. The Morgan fingerprint density at radius 3 is 2.50 bits per heavy atom. The molecule has 1 aromatic carbocycles. The topological polar surface area (TPSA) is 92.9 Å². The van der Waals surface area contributed by atoms with Crippen LogP contribution in [0.5, 0.6) is 0 Å². The highest BCUT2D eigenvalue weighted by atomic mass is 32.2. The van der Waals surface area contributed by atoms with E-state index in [2.05, 4.69) is 26.0 Å². The minimum Gasteiger partial charge on any atom is -0.313 e. The molecule has 0 saturated heterocycles. The lowest BCUT2D eigenvalue weighted by molar-refractivity contribution is -0.116. The number of thioether (sulfide) groups is 1. The lowest BCUT2D eigenvalue weighted by Gasteiger charge is -2.05. The zero-order valence-electron chi connectivity index (χ0n) is 14.0. The van der Waals surface area contributed by atoms with Crippen molar-refractivity contribution in [1.29, 1.82) is 0 Å². The second-order valence-electron chi connectivity index (χ2n) is 5.22. The van der Waals surface area contributed by atoms with Crippen LogP contribution >= 0.6 is 11.8 Å². The molecule has 2 heterocycles. The molecule has 0 unspecified atom stereocenters. The number of alkyl halides is 3. The summed E-state index contributed by atoms with van der Waals surface area (Å²) in [5, 5.41) is 3.76. The first kappa shape index (κ1) is 19.4. The summed E-state index contributed by atoms with van der Waals surface area (Å²) in [6.45, 7) is 0. The average Bonchev–Trinajstić information content (AvgIpc) is 3.14. The van der Waals surface area contributed by atoms with Gasteiger partial charge in [0, 0.05) is 28.9 Å².